The van der Waals surface area contributed by atoms with Gasteiger partial charge in [-0.1, -0.05) is 30.3 Å². The van der Waals surface area contributed by atoms with E-state index < -0.39 is 0 Å². The second kappa shape index (κ2) is 7.89. The zero-order valence-corrected chi connectivity index (χ0v) is 14.1. The van der Waals surface area contributed by atoms with Gasteiger partial charge in [0.15, 0.2) is 5.82 Å². The van der Waals surface area contributed by atoms with Crippen LogP contribution in [0.25, 0.3) is 0 Å². The highest BCUT2D eigenvalue weighted by molar-refractivity contribution is 5.96. The van der Waals surface area contributed by atoms with Crippen molar-refractivity contribution in [1.82, 2.24) is 25.0 Å². The van der Waals surface area contributed by atoms with Gasteiger partial charge in [0.05, 0.1) is 19.8 Å². The summed E-state index contributed by atoms with van der Waals surface area (Å²) in [5.41, 5.74) is 1.09. The van der Waals surface area contributed by atoms with E-state index in [1.807, 2.05) is 30.3 Å². The maximum atomic E-state index is 12.5. The summed E-state index contributed by atoms with van der Waals surface area (Å²) in [6.07, 6.45) is 1.30. The van der Waals surface area contributed by atoms with Gasteiger partial charge in [-0.2, -0.15) is 5.10 Å². The Morgan fingerprint density at radius 3 is 2.88 bits per heavy atom. The largest absolute Gasteiger partial charge is 0.377 e. The van der Waals surface area contributed by atoms with Crippen molar-refractivity contribution in [3.63, 3.8) is 0 Å². The number of nitrogens with one attached hydrogen (secondary N) is 1. The fraction of sp³-hybridized carbons (Fsp3) is 0.412. The van der Waals surface area contributed by atoms with Crippen LogP contribution in [-0.4, -0.2) is 58.3 Å². The standard InChI is InChI=1S/C17H21N5O3/c1-18-15(23)9-16(24)21-7-8-25-11-14(21)17-19-12-20-22(17)10-13-5-3-2-4-6-13/h2-6,12,14H,7-11H2,1H3,(H,18,23). The lowest BCUT2D eigenvalue weighted by molar-refractivity contribution is -0.143. The van der Waals surface area contributed by atoms with E-state index in [9.17, 15) is 9.59 Å². The predicted molar refractivity (Wildman–Crippen MR) is 89.5 cm³/mol. The molecule has 132 valence electrons. The molecular formula is C17H21N5O3. The van der Waals surface area contributed by atoms with Crippen molar-refractivity contribution >= 4 is 11.8 Å². The number of carbonyl (C=O) groups is 2. The average molecular weight is 343 g/mol. The fourth-order valence-electron chi connectivity index (χ4n) is 2.85. The molecule has 0 bridgehead atoms. The first-order chi connectivity index (χ1) is 12.2. The molecule has 1 aliphatic rings. The maximum Gasteiger partial charge on any atom is 0.232 e. The van der Waals surface area contributed by atoms with Crippen molar-refractivity contribution in [2.75, 3.05) is 26.8 Å². The average Bonchev–Trinajstić information content (AvgIpc) is 3.10. The lowest BCUT2D eigenvalue weighted by atomic mass is 10.1. The Morgan fingerprint density at radius 2 is 2.12 bits per heavy atom. The molecule has 0 spiro atoms. The highest BCUT2D eigenvalue weighted by atomic mass is 16.5. The van der Waals surface area contributed by atoms with E-state index in [0.717, 1.165) is 5.56 Å². The summed E-state index contributed by atoms with van der Waals surface area (Å²) in [5.74, 6) is 0.122. The van der Waals surface area contributed by atoms with Gasteiger partial charge in [-0.15, -0.1) is 0 Å². The molecule has 1 unspecified atom stereocenters. The van der Waals surface area contributed by atoms with Crippen molar-refractivity contribution in [3.8, 4) is 0 Å². The van der Waals surface area contributed by atoms with Crippen LogP contribution in [0.2, 0.25) is 0 Å². The highest BCUT2D eigenvalue weighted by Crippen LogP contribution is 2.23. The molecule has 1 aliphatic heterocycles. The number of nitrogens with zero attached hydrogens (tertiary/aromatic N) is 4. The number of aromatic nitrogens is 3. The van der Waals surface area contributed by atoms with E-state index in [0.29, 0.717) is 32.1 Å². The summed E-state index contributed by atoms with van der Waals surface area (Å²) in [4.78, 5) is 30.0. The van der Waals surface area contributed by atoms with E-state index in [-0.39, 0.29) is 24.3 Å². The number of hydrogen-bond acceptors (Lipinski definition) is 5. The maximum absolute atomic E-state index is 12.5. The van der Waals surface area contributed by atoms with E-state index in [1.54, 1.807) is 9.58 Å². The minimum absolute atomic E-state index is 0.181. The minimum atomic E-state index is -0.350. The van der Waals surface area contributed by atoms with Crippen molar-refractivity contribution in [1.29, 1.82) is 0 Å². The lowest BCUT2D eigenvalue weighted by Gasteiger charge is -2.35. The third kappa shape index (κ3) is 4.03. The highest BCUT2D eigenvalue weighted by Gasteiger charge is 2.32. The Balaban J connectivity index is 1.80. The van der Waals surface area contributed by atoms with Gasteiger partial charge in [0.1, 0.15) is 18.8 Å². The van der Waals surface area contributed by atoms with Gasteiger partial charge in [-0.3, -0.25) is 9.59 Å². The van der Waals surface area contributed by atoms with Gasteiger partial charge in [-0.05, 0) is 5.56 Å². The molecule has 3 rings (SSSR count). The normalized spacial score (nSPS) is 17.3. The number of amides is 2. The van der Waals surface area contributed by atoms with Gasteiger partial charge < -0.3 is 15.0 Å². The number of hydrogen-bond donors (Lipinski definition) is 1. The van der Waals surface area contributed by atoms with Crippen LogP contribution in [0, 0.1) is 0 Å². The van der Waals surface area contributed by atoms with Crippen LogP contribution in [-0.2, 0) is 20.9 Å². The summed E-state index contributed by atoms with van der Waals surface area (Å²) in [5, 5.41) is 6.77. The molecule has 25 heavy (non-hydrogen) atoms. The molecular weight excluding hydrogens is 322 g/mol. The summed E-state index contributed by atoms with van der Waals surface area (Å²) in [6, 6.07) is 9.57. The van der Waals surface area contributed by atoms with E-state index in [2.05, 4.69) is 15.4 Å². The van der Waals surface area contributed by atoms with Gasteiger partial charge in [-0.25, -0.2) is 9.67 Å². The van der Waals surface area contributed by atoms with Crippen LogP contribution in [0.4, 0.5) is 0 Å². The quantitative estimate of drug-likeness (QED) is 0.792. The molecule has 1 aromatic carbocycles. The van der Waals surface area contributed by atoms with Crippen molar-refractivity contribution in [2.24, 2.45) is 0 Å². The minimum Gasteiger partial charge on any atom is -0.377 e. The van der Waals surface area contributed by atoms with E-state index >= 15 is 0 Å². The molecule has 0 radical (unpaired) electrons. The van der Waals surface area contributed by atoms with Crippen LogP contribution >= 0.6 is 0 Å². The third-order valence-electron chi connectivity index (χ3n) is 4.16. The first-order valence-electron chi connectivity index (χ1n) is 8.18. The first-order valence-corrected chi connectivity index (χ1v) is 8.18. The van der Waals surface area contributed by atoms with Crippen molar-refractivity contribution < 1.29 is 14.3 Å². The van der Waals surface area contributed by atoms with Crippen LogP contribution in [0.3, 0.4) is 0 Å². The molecule has 8 nitrogen and oxygen atoms in total. The van der Waals surface area contributed by atoms with Crippen LogP contribution < -0.4 is 5.32 Å². The Labute approximate surface area is 145 Å². The van der Waals surface area contributed by atoms with E-state index in [4.69, 9.17) is 4.74 Å². The fourth-order valence-corrected chi connectivity index (χ4v) is 2.85. The topological polar surface area (TPSA) is 89.3 Å². The van der Waals surface area contributed by atoms with Gasteiger partial charge >= 0.3 is 0 Å². The number of ether oxygens (including phenoxy) is 1. The smallest absolute Gasteiger partial charge is 0.232 e. The molecule has 1 N–H and O–H groups in total. The van der Waals surface area contributed by atoms with Crippen LogP contribution in [0.15, 0.2) is 36.7 Å². The zero-order chi connectivity index (χ0) is 17.6. The molecule has 0 aliphatic carbocycles. The molecule has 2 aromatic rings. The Morgan fingerprint density at radius 1 is 1.32 bits per heavy atom. The summed E-state index contributed by atoms with van der Waals surface area (Å²) >= 11 is 0. The summed E-state index contributed by atoms with van der Waals surface area (Å²) in [6.45, 7) is 1.78. The Kier molecular flexibility index (Phi) is 5.39. The molecule has 1 saturated heterocycles. The lowest BCUT2D eigenvalue weighted by Crippen LogP contribution is -2.45. The summed E-state index contributed by atoms with van der Waals surface area (Å²) < 4.78 is 7.32. The second-order valence-corrected chi connectivity index (χ2v) is 5.79. The molecule has 1 atom stereocenters. The van der Waals surface area contributed by atoms with Crippen LogP contribution in [0.5, 0.6) is 0 Å². The predicted octanol–water partition coefficient (Wildman–Crippen LogP) is 0.362. The third-order valence-corrected chi connectivity index (χ3v) is 4.16. The van der Waals surface area contributed by atoms with Crippen LogP contribution in [0.1, 0.15) is 23.9 Å². The molecule has 1 fully saturated rings. The number of rotatable bonds is 5. The van der Waals surface area contributed by atoms with Gasteiger partial charge in [0.25, 0.3) is 0 Å². The molecule has 1 aromatic heterocycles. The summed E-state index contributed by atoms with van der Waals surface area (Å²) in [7, 11) is 1.52. The first kappa shape index (κ1) is 17.1. The number of carbonyl (C=O) groups excluding carboxylic acids is 2. The molecule has 2 amide bonds. The number of morpholine rings is 1. The van der Waals surface area contributed by atoms with Gasteiger partial charge in [0.2, 0.25) is 11.8 Å². The van der Waals surface area contributed by atoms with E-state index in [1.165, 1.54) is 13.4 Å². The molecule has 0 saturated carbocycles. The molecule has 8 heteroatoms. The SMILES string of the molecule is CNC(=O)CC(=O)N1CCOCC1c1ncnn1Cc1ccccc1. The molecule has 2 heterocycles. The Bertz CT molecular complexity index is 731. The second-order valence-electron chi connectivity index (χ2n) is 5.79. The zero-order valence-electron chi connectivity index (χ0n) is 14.1. The van der Waals surface area contributed by atoms with Gasteiger partial charge in [0, 0.05) is 13.6 Å². The monoisotopic (exact) mass is 343 g/mol. The Hall–Kier alpha value is -2.74. The number of benzene rings is 1. The van der Waals surface area contributed by atoms with Crippen molar-refractivity contribution in [3.05, 3.63) is 48.0 Å². The van der Waals surface area contributed by atoms with Crippen molar-refractivity contribution in [2.45, 2.75) is 19.0 Å².